The smallest absolute Gasteiger partial charge is 0.00219 e. The van der Waals surface area contributed by atoms with Crippen LogP contribution in [0, 0.1) is 47.5 Å². The normalized spacial score (nSPS) is 9.31. The number of unbranched alkanes of at least 4 members (excludes halogenated alkanes) is 14. The van der Waals surface area contributed by atoms with Crippen molar-refractivity contribution in [2.75, 3.05) is 0 Å². The molecule has 0 saturated carbocycles. The van der Waals surface area contributed by atoms with Gasteiger partial charge < -0.3 is 0 Å². The van der Waals surface area contributed by atoms with Gasteiger partial charge in [-0.2, -0.15) is 0 Å². The van der Waals surface area contributed by atoms with Crippen molar-refractivity contribution in [3.8, 4) is 24.0 Å². The van der Waals surface area contributed by atoms with E-state index in [1.165, 1.54) is 188 Å². The highest BCUT2D eigenvalue weighted by Crippen LogP contribution is 2.45. The summed E-state index contributed by atoms with van der Waals surface area (Å²) in [7, 11) is 0. The zero-order chi connectivity index (χ0) is 53.3. The van der Waals surface area contributed by atoms with Gasteiger partial charge in [0.25, 0.3) is 0 Å². The SMILES string of the molecule is C#C.C=C(C)C.C=Cc1c(CCCCCCC)c(C)c(C)c2c(-c3ccccc3)c(C)c(C)c(C(=C)C)c12.CC.CC.CCCCCC.CCCCCC.CCCCCCC.Cc1ccccc1. The molecule has 0 fully saturated rings. The average Bonchev–Trinajstić information content (AvgIpc) is 3.35. The Hall–Kier alpha value is -4.08. The van der Waals surface area contributed by atoms with Gasteiger partial charge in [-0.05, 0) is 129 Å². The van der Waals surface area contributed by atoms with Crippen molar-refractivity contribution in [2.24, 2.45) is 0 Å². The number of rotatable bonds is 19. The molecule has 0 bridgehead atoms. The van der Waals surface area contributed by atoms with E-state index >= 15 is 0 Å². The maximum absolute atomic E-state index is 4.40. The van der Waals surface area contributed by atoms with E-state index < -0.39 is 0 Å². The Balaban J connectivity index is -0.000000296. The molecule has 0 nitrogen and oxygen atoms in total. The van der Waals surface area contributed by atoms with Crippen LogP contribution in [0.1, 0.15) is 257 Å². The van der Waals surface area contributed by atoms with Crippen LogP contribution in [-0.2, 0) is 6.42 Å². The van der Waals surface area contributed by atoms with Crippen LogP contribution in [0.5, 0.6) is 0 Å². The highest BCUT2D eigenvalue weighted by atomic mass is 14.3. The maximum Gasteiger partial charge on any atom is -0.00219 e. The first kappa shape index (κ1) is 72.9. The predicted octanol–water partition coefficient (Wildman–Crippen LogP) is 24.0. The van der Waals surface area contributed by atoms with Gasteiger partial charge in [0.15, 0.2) is 0 Å². The molecular weight excluding hydrogens is 817 g/mol. The molecule has 0 aliphatic heterocycles. The van der Waals surface area contributed by atoms with Crippen LogP contribution in [0.25, 0.3) is 33.5 Å². The van der Waals surface area contributed by atoms with E-state index in [9.17, 15) is 0 Å². The summed E-state index contributed by atoms with van der Waals surface area (Å²) in [6, 6.07) is 21.1. The third-order valence-electron chi connectivity index (χ3n) is 11.3. The molecule has 386 valence electrons. The second-order valence-electron chi connectivity index (χ2n) is 17.7. The molecule has 0 heteroatoms. The fraction of sp³-hybridized carbons (Fsp3) is 0.559. The third-order valence-corrected chi connectivity index (χ3v) is 11.3. The fourth-order valence-corrected chi connectivity index (χ4v) is 7.57. The summed E-state index contributed by atoms with van der Waals surface area (Å²) in [5.41, 5.74) is 15.9. The van der Waals surface area contributed by atoms with Crippen LogP contribution in [0.3, 0.4) is 0 Å². The van der Waals surface area contributed by atoms with Gasteiger partial charge in [0.1, 0.15) is 0 Å². The fourth-order valence-electron chi connectivity index (χ4n) is 7.57. The van der Waals surface area contributed by atoms with Gasteiger partial charge in [-0.1, -0.05) is 282 Å². The molecular formula is C68H114. The van der Waals surface area contributed by atoms with Gasteiger partial charge in [0.05, 0.1) is 0 Å². The van der Waals surface area contributed by atoms with E-state index in [1.807, 2.05) is 59.7 Å². The number of fused-ring (bicyclic) bond motifs is 1. The van der Waals surface area contributed by atoms with E-state index in [1.54, 1.807) is 0 Å². The molecule has 0 N–H and O–H groups in total. The van der Waals surface area contributed by atoms with Crippen LogP contribution in [0.2, 0.25) is 0 Å². The average molecular weight is 932 g/mol. The lowest BCUT2D eigenvalue weighted by Crippen LogP contribution is -2.05. The Morgan fingerprint density at radius 3 is 1.12 bits per heavy atom. The second kappa shape index (κ2) is 52.3. The highest BCUT2D eigenvalue weighted by Gasteiger charge is 2.23. The minimum Gasteiger partial charge on any atom is -0.124 e. The van der Waals surface area contributed by atoms with Crippen LogP contribution in [0.15, 0.2) is 86.0 Å². The summed E-state index contributed by atoms with van der Waals surface area (Å²) >= 11 is 0. The zero-order valence-electron chi connectivity index (χ0n) is 49.1. The molecule has 4 aromatic rings. The van der Waals surface area contributed by atoms with Crippen LogP contribution >= 0.6 is 0 Å². The van der Waals surface area contributed by atoms with Gasteiger partial charge in [0, 0.05) is 0 Å². The molecule has 68 heavy (non-hydrogen) atoms. The monoisotopic (exact) mass is 931 g/mol. The Kier molecular flexibility index (Phi) is 56.1. The molecule has 0 aliphatic rings. The lowest BCUT2D eigenvalue weighted by molar-refractivity contribution is 0.631. The summed E-state index contributed by atoms with van der Waals surface area (Å²) in [6.07, 6.45) is 35.8. The summed E-state index contributed by atoms with van der Waals surface area (Å²) in [4.78, 5) is 0. The molecule has 0 spiro atoms. The summed E-state index contributed by atoms with van der Waals surface area (Å²) in [5, 5.41) is 2.72. The van der Waals surface area contributed by atoms with Crippen molar-refractivity contribution in [3.05, 3.63) is 130 Å². The molecule has 4 rings (SSSR count). The minimum absolute atomic E-state index is 1.12. The van der Waals surface area contributed by atoms with E-state index in [0.717, 1.165) is 12.0 Å². The Morgan fingerprint density at radius 1 is 0.456 bits per heavy atom. The van der Waals surface area contributed by atoms with Crippen molar-refractivity contribution in [1.82, 2.24) is 0 Å². The standard InChI is InChI=1S/C32H40.C7H8.C7H16.2C6H14.C4H8.2C2H6.C2H2/c1-9-11-12-13-17-20-28-22(5)23(6)31-30(26-18-15-14-16-19-26)25(8)24(7)29(21(3)4)32(31)27(28)10-2;1-7-5-3-2-4-6-7;1-3-5-7-6-4-2;2*1-3-5-6-4-2;1-4(2)3;3*1-2/h10,14-16,18-19H,2-3,9,11-13,17,20H2,1,4-8H3;2-6H,1H3;3-7H2,1-2H3;2*3-6H2,1-2H3;1H2,2-3H3;2*1-2H3;1-2H. The number of benzene rings is 4. The lowest BCUT2D eigenvalue weighted by atomic mass is 9.78. The topological polar surface area (TPSA) is 0 Å². The molecule has 0 aliphatic carbocycles. The van der Waals surface area contributed by atoms with Gasteiger partial charge >= 0.3 is 0 Å². The molecule has 0 aromatic heterocycles. The molecule has 0 atom stereocenters. The van der Waals surface area contributed by atoms with Crippen molar-refractivity contribution in [2.45, 2.75) is 254 Å². The van der Waals surface area contributed by atoms with Gasteiger partial charge in [-0.25, -0.2) is 0 Å². The summed E-state index contributed by atoms with van der Waals surface area (Å²) in [5.74, 6) is 0. The summed E-state index contributed by atoms with van der Waals surface area (Å²) in [6.45, 7) is 53.3. The molecule has 0 unspecified atom stereocenters. The molecule has 0 amide bonds. The van der Waals surface area contributed by atoms with Crippen molar-refractivity contribution >= 4 is 22.4 Å². The third kappa shape index (κ3) is 33.4. The molecule has 0 heterocycles. The van der Waals surface area contributed by atoms with Gasteiger partial charge in [0.2, 0.25) is 0 Å². The van der Waals surface area contributed by atoms with Gasteiger partial charge in [-0.15, -0.1) is 19.4 Å². The molecule has 0 radical (unpaired) electrons. The first-order chi connectivity index (χ1) is 32.7. The highest BCUT2D eigenvalue weighted by molar-refractivity contribution is 6.11. The van der Waals surface area contributed by atoms with E-state index in [0.29, 0.717) is 0 Å². The predicted molar refractivity (Wildman–Crippen MR) is 324 cm³/mol. The first-order valence-electron chi connectivity index (χ1n) is 27.6. The van der Waals surface area contributed by atoms with Crippen molar-refractivity contribution < 1.29 is 0 Å². The quantitative estimate of drug-likeness (QED) is 0.0499. The zero-order valence-corrected chi connectivity index (χ0v) is 49.1. The lowest BCUT2D eigenvalue weighted by Gasteiger charge is -2.26. The maximum atomic E-state index is 4.40. The minimum atomic E-state index is 1.12. The van der Waals surface area contributed by atoms with Crippen molar-refractivity contribution in [1.29, 1.82) is 0 Å². The van der Waals surface area contributed by atoms with E-state index in [2.05, 4.69) is 171 Å². The van der Waals surface area contributed by atoms with Crippen LogP contribution < -0.4 is 0 Å². The largest absolute Gasteiger partial charge is 0.124 e. The van der Waals surface area contributed by atoms with Gasteiger partial charge in [-0.3, -0.25) is 0 Å². The number of aryl methyl sites for hydroxylation is 2. The van der Waals surface area contributed by atoms with Crippen LogP contribution in [0.4, 0.5) is 0 Å². The molecule has 0 saturated heterocycles. The second-order valence-corrected chi connectivity index (χ2v) is 17.7. The van der Waals surface area contributed by atoms with Crippen LogP contribution in [-0.4, -0.2) is 0 Å². The number of allylic oxidation sites excluding steroid dienone is 2. The number of terminal acetylenes is 1. The first-order valence-corrected chi connectivity index (χ1v) is 27.6. The Bertz CT molecular complexity index is 1750. The van der Waals surface area contributed by atoms with Crippen molar-refractivity contribution in [3.63, 3.8) is 0 Å². The summed E-state index contributed by atoms with van der Waals surface area (Å²) < 4.78 is 0. The number of hydrogen-bond donors (Lipinski definition) is 0. The van der Waals surface area contributed by atoms with E-state index in [4.69, 9.17) is 0 Å². The Morgan fingerprint density at radius 2 is 0.794 bits per heavy atom. The number of hydrogen-bond acceptors (Lipinski definition) is 0. The Labute approximate surface area is 428 Å². The molecule has 4 aromatic carbocycles. The van der Waals surface area contributed by atoms with E-state index in [-0.39, 0.29) is 0 Å².